The van der Waals surface area contributed by atoms with Gasteiger partial charge in [0, 0.05) is 18.1 Å². The maximum absolute atomic E-state index is 14.1. The van der Waals surface area contributed by atoms with Crippen LogP contribution in [0.3, 0.4) is 0 Å². The van der Waals surface area contributed by atoms with Gasteiger partial charge in [0.2, 0.25) is 5.91 Å². The van der Waals surface area contributed by atoms with E-state index >= 15 is 0 Å². The summed E-state index contributed by atoms with van der Waals surface area (Å²) >= 11 is 2.35. The standard InChI is InChI=1S/C23H22FN5O3S2/c1-5-32-22(31)19-18(17-12(2)10-13(3)25-21(17)34-19)26-16(30)11-33-23-28-27-20(29(23)4)14-8-6-7-9-15(14)24/h6-10H,5,11H2,1-4H3,(H,26,30). The van der Waals surface area contributed by atoms with Crippen molar-refractivity contribution in [3.63, 3.8) is 0 Å². The van der Waals surface area contributed by atoms with Gasteiger partial charge in [-0.05, 0) is 44.5 Å². The van der Waals surface area contributed by atoms with Gasteiger partial charge in [-0.3, -0.25) is 4.79 Å². The highest BCUT2D eigenvalue weighted by Gasteiger charge is 2.24. The first-order valence-corrected chi connectivity index (χ1v) is 12.2. The molecule has 0 unspecified atom stereocenters. The van der Waals surface area contributed by atoms with Crippen LogP contribution in [0.5, 0.6) is 0 Å². The molecule has 176 valence electrons. The topological polar surface area (TPSA) is 99.0 Å². The van der Waals surface area contributed by atoms with Crippen molar-refractivity contribution in [1.29, 1.82) is 0 Å². The Morgan fingerprint density at radius 3 is 2.74 bits per heavy atom. The van der Waals surface area contributed by atoms with E-state index in [1.165, 1.54) is 17.4 Å². The van der Waals surface area contributed by atoms with Crippen molar-refractivity contribution >= 4 is 50.9 Å². The van der Waals surface area contributed by atoms with Crippen LogP contribution in [0.15, 0.2) is 35.5 Å². The molecule has 3 heterocycles. The summed E-state index contributed by atoms with van der Waals surface area (Å²) in [6.45, 7) is 5.73. The first kappa shape index (κ1) is 23.8. The fourth-order valence-corrected chi connectivity index (χ4v) is 5.38. The van der Waals surface area contributed by atoms with Crippen LogP contribution in [0.1, 0.15) is 27.9 Å². The number of carbonyl (C=O) groups is 2. The average Bonchev–Trinajstić information content (AvgIpc) is 3.33. The van der Waals surface area contributed by atoms with Crippen molar-refractivity contribution in [2.24, 2.45) is 7.05 Å². The third-order valence-corrected chi connectivity index (χ3v) is 7.08. The molecule has 0 spiro atoms. The van der Waals surface area contributed by atoms with Crippen molar-refractivity contribution < 1.29 is 18.7 Å². The molecule has 4 aromatic rings. The number of ether oxygens (including phenoxy) is 1. The third kappa shape index (κ3) is 4.66. The lowest BCUT2D eigenvalue weighted by Gasteiger charge is -2.09. The number of carbonyl (C=O) groups excluding carboxylic acids is 2. The van der Waals surface area contributed by atoms with Gasteiger partial charge >= 0.3 is 5.97 Å². The highest BCUT2D eigenvalue weighted by atomic mass is 32.2. The molecular weight excluding hydrogens is 477 g/mol. The van der Waals surface area contributed by atoms with E-state index in [1.54, 1.807) is 36.7 Å². The quantitative estimate of drug-likeness (QED) is 0.289. The normalized spacial score (nSPS) is 11.1. The van der Waals surface area contributed by atoms with Gasteiger partial charge in [0.15, 0.2) is 11.0 Å². The number of halogens is 1. The second-order valence-corrected chi connectivity index (χ2v) is 9.41. The van der Waals surface area contributed by atoms with Gasteiger partial charge in [0.05, 0.1) is 23.6 Å². The van der Waals surface area contributed by atoms with Gasteiger partial charge in [-0.1, -0.05) is 23.9 Å². The number of aryl methyl sites for hydroxylation is 2. The summed E-state index contributed by atoms with van der Waals surface area (Å²) < 4.78 is 21.0. The molecule has 8 nitrogen and oxygen atoms in total. The molecule has 11 heteroatoms. The zero-order chi connectivity index (χ0) is 24.4. The van der Waals surface area contributed by atoms with Crippen molar-refractivity contribution in [3.05, 3.63) is 52.3 Å². The number of benzene rings is 1. The lowest BCUT2D eigenvalue weighted by molar-refractivity contribution is -0.113. The van der Waals surface area contributed by atoms with Crippen molar-refractivity contribution in [2.45, 2.75) is 25.9 Å². The van der Waals surface area contributed by atoms with E-state index in [1.807, 2.05) is 19.9 Å². The maximum Gasteiger partial charge on any atom is 0.350 e. The zero-order valence-corrected chi connectivity index (χ0v) is 20.6. The molecule has 1 amide bonds. The van der Waals surface area contributed by atoms with E-state index in [-0.39, 0.29) is 18.3 Å². The monoisotopic (exact) mass is 499 g/mol. The number of fused-ring (bicyclic) bond motifs is 1. The Bertz CT molecular complexity index is 1400. The Balaban J connectivity index is 1.56. The lowest BCUT2D eigenvalue weighted by atomic mass is 10.1. The molecule has 0 aliphatic carbocycles. The SMILES string of the molecule is CCOC(=O)c1sc2nc(C)cc(C)c2c1NC(=O)CSc1nnc(-c2ccccc2F)n1C. The van der Waals surface area contributed by atoms with E-state index in [4.69, 9.17) is 4.74 Å². The van der Waals surface area contributed by atoms with Gasteiger partial charge in [0.25, 0.3) is 0 Å². The molecule has 0 radical (unpaired) electrons. The van der Waals surface area contributed by atoms with Gasteiger partial charge in [-0.15, -0.1) is 21.5 Å². The van der Waals surface area contributed by atoms with Crippen LogP contribution in [0, 0.1) is 19.7 Å². The number of amides is 1. The highest BCUT2D eigenvalue weighted by Crippen LogP contribution is 2.38. The number of nitrogens with zero attached hydrogens (tertiary/aromatic N) is 4. The minimum Gasteiger partial charge on any atom is -0.462 e. The summed E-state index contributed by atoms with van der Waals surface area (Å²) in [4.78, 5) is 30.9. The molecule has 0 atom stereocenters. The zero-order valence-electron chi connectivity index (χ0n) is 19.0. The van der Waals surface area contributed by atoms with Gasteiger partial charge in [-0.2, -0.15) is 0 Å². The number of pyridine rings is 1. The molecule has 0 saturated heterocycles. The summed E-state index contributed by atoms with van der Waals surface area (Å²) in [5, 5.41) is 12.2. The molecule has 4 rings (SSSR count). The van der Waals surface area contributed by atoms with E-state index < -0.39 is 11.8 Å². The van der Waals surface area contributed by atoms with Gasteiger partial charge in [0.1, 0.15) is 15.5 Å². The van der Waals surface area contributed by atoms with Crippen LogP contribution >= 0.6 is 23.1 Å². The van der Waals surface area contributed by atoms with E-state index in [2.05, 4.69) is 20.5 Å². The Morgan fingerprint density at radius 2 is 2.00 bits per heavy atom. The summed E-state index contributed by atoms with van der Waals surface area (Å²) in [5.74, 6) is -0.853. The third-order valence-electron chi connectivity index (χ3n) is 4.99. The number of rotatable bonds is 7. The minimum atomic E-state index is -0.506. The predicted octanol–water partition coefficient (Wildman–Crippen LogP) is 4.76. The van der Waals surface area contributed by atoms with Gasteiger partial charge in [-0.25, -0.2) is 14.2 Å². The largest absolute Gasteiger partial charge is 0.462 e. The highest BCUT2D eigenvalue weighted by molar-refractivity contribution is 7.99. The molecule has 0 aliphatic rings. The van der Waals surface area contributed by atoms with Crippen molar-refractivity contribution in [2.75, 3.05) is 17.7 Å². The fraction of sp³-hybridized carbons (Fsp3) is 0.261. The molecule has 1 aromatic carbocycles. The number of thiophene rings is 1. The lowest BCUT2D eigenvalue weighted by Crippen LogP contribution is -2.17. The Morgan fingerprint density at radius 1 is 1.24 bits per heavy atom. The minimum absolute atomic E-state index is 0.0151. The number of anilines is 1. The second-order valence-electron chi connectivity index (χ2n) is 7.47. The van der Waals surface area contributed by atoms with E-state index in [0.29, 0.717) is 31.9 Å². The van der Waals surface area contributed by atoms with Crippen molar-refractivity contribution in [3.8, 4) is 11.4 Å². The summed E-state index contributed by atoms with van der Waals surface area (Å²) in [7, 11) is 1.71. The van der Waals surface area contributed by atoms with Crippen LogP contribution in [-0.4, -0.2) is 44.0 Å². The fourth-order valence-electron chi connectivity index (χ4n) is 3.52. The summed E-state index contributed by atoms with van der Waals surface area (Å²) in [6, 6.07) is 8.20. The van der Waals surface area contributed by atoms with Crippen LogP contribution in [0.2, 0.25) is 0 Å². The van der Waals surface area contributed by atoms with Crippen LogP contribution in [-0.2, 0) is 16.6 Å². The molecule has 0 saturated carbocycles. The molecule has 0 fully saturated rings. The second kappa shape index (κ2) is 9.90. The first-order valence-electron chi connectivity index (χ1n) is 10.4. The average molecular weight is 500 g/mol. The van der Waals surface area contributed by atoms with Gasteiger partial charge < -0.3 is 14.6 Å². The molecule has 0 bridgehead atoms. The molecule has 0 aliphatic heterocycles. The number of thioether (sulfide) groups is 1. The first-order chi connectivity index (χ1) is 16.3. The van der Waals surface area contributed by atoms with Crippen LogP contribution in [0.25, 0.3) is 21.6 Å². The number of aromatic nitrogens is 4. The number of nitrogens with one attached hydrogen (secondary N) is 1. The number of esters is 1. The molecule has 34 heavy (non-hydrogen) atoms. The molecule has 3 aromatic heterocycles. The smallest absolute Gasteiger partial charge is 0.350 e. The molecular formula is C23H22FN5O3S2. The van der Waals surface area contributed by atoms with Crippen molar-refractivity contribution in [1.82, 2.24) is 19.7 Å². The Hall–Kier alpha value is -3.31. The predicted molar refractivity (Wildman–Crippen MR) is 131 cm³/mol. The number of hydrogen-bond acceptors (Lipinski definition) is 8. The number of hydrogen-bond donors (Lipinski definition) is 1. The Labute approximate surface area is 203 Å². The van der Waals surface area contributed by atoms with Crippen LogP contribution in [0.4, 0.5) is 10.1 Å². The molecule has 1 N–H and O–H groups in total. The Kier molecular flexibility index (Phi) is 6.94. The van der Waals surface area contributed by atoms with Crippen LogP contribution < -0.4 is 5.32 Å². The summed E-state index contributed by atoms with van der Waals surface area (Å²) in [6.07, 6.45) is 0. The summed E-state index contributed by atoms with van der Waals surface area (Å²) in [5.41, 5.74) is 2.46. The maximum atomic E-state index is 14.1. The van der Waals surface area contributed by atoms with E-state index in [9.17, 15) is 14.0 Å². The van der Waals surface area contributed by atoms with E-state index in [0.717, 1.165) is 28.4 Å².